The molecule has 1 saturated heterocycles. The number of rotatable bonds is 5. The normalized spacial score (nSPS) is 19.0. The first-order chi connectivity index (χ1) is 11.4. The standard InChI is InChI=1S/C16H24N4O3S.HI/c1-3-12-5-4-6-13(9-12)19-15(21)10-18-16(17-2)20-14-7-8-24(22,23)11-14;/h4-6,9,14H,3,7-8,10-11H2,1-2H3,(H,19,21)(H2,17,18,20);1H. The van der Waals surface area contributed by atoms with Crippen molar-refractivity contribution in [2.45, 2.75) is 25.8 Å². The Morgan fingerprint density at radius 3 is 2.72 bits per heavy atom. The van der Waals surface area contributed by atoms with Gasteiger partial charge in [-0.3, -0.25) is 9.79 Å². The highest BCUT2D eigenvalue weighted by molar-refractivity contribution is 14.0. The van der Waals surface area contributed by atoms with Crippen molar-refractivity contribution in [3.8, 4) is 0 Å². The second-order valence-electron chi connectivity index (χ2n) is 5.77. The van der Waals surface area contributed by atoms with E-state index in [0.717, 1.165) is 17.7 Å². The first-order valence-corrected chi connectivity index (χ1v) is 9.80. The van der Waals surface area contributed by atoms with E-state index in [-0.39, 0.29) is 54.0 Å². The van der Waals surface area contributed by atoms with E-state index in [1.54, 1.807) is 7.05 Å². The molecule has 7 nitrogen and oxygen atoms in total. The van der Waals surface area contributed by atoms with Crippen LogP contribution in [0.25, 0.3) is 0 Å². The van der Waals surface area contributed by atoms with Crippen LogP contribution in [0.2, 0.25) is 0 Å². The van der Waals surface area contributed by atoms with Crippen LogP contribution in [0.5, 0.6) is 0 Å². The highest BCUT2D eigenvalue weighted by Gasteiger charge is 2.28. The fourth-order valence-electron chi connectivity index (χ4n) is 2.54. The molecule has 3 N–H and O–H groups in total. The number of hydrogen-bond acceptors (Lipinski definition) is 4. The smallest absolute Gasteiger partial charge is 0.243 e. The Morgan fingerprint density at radius 1 is 1.36 bits per heavy atom. The van der Waals surface area contributed by atoms with Gasteiger partial charge in [-0.25, -0.2) is 8.42 Å². The van der Waals surface area contributed by atoms with Crippen LogP contribution in [-0.4, -0.2) is 51.4 Å². The summed E-state index contributed by atoms with van der Waals surface area (Å²) in [5.74, 6) is 0.527. The molecule has 1 aliphatic heterocycles. The van der Waals surface area contributed by atoms with Crippen LogP contribution in [0.4, 0.5) is 5.69 Å². The van der Waals surface area contributed by atoms with Gasteiger partial charge in [-0.1, -0.05) is 19.1 Å². The van der Waals surface area contributed by atoms with Gasteiger partial charge in [0.2, 0.25) is 5.91 Å². The summed E-state index contributed by atoms with van der Waals surface area (Å²) in [6.45, 7) is 2.11. The average Bonchev–Trinajstić information content (AvgIpc) is 2.90. The molecule has 140 valence electrons. The van der Waals surface area contributed by atoms with Crippen LogP contribution >= 0.6 is 24.0 Å². The van der Waals surface area contributed by atoms with Gasteiger partial charge in [0, 0.05) is 18.8 Å². The molecule has 1 unspecified atom stereocenters. The quantitative estimate of drug-likeness (QED) is 0.334. The summed E-state index contributed by atoms with van der Waals surface area (Å²) in [5, 5.41) is 8.77. The molecule has 0 radical (unpaired) electrons. The number of anilines is 1. The molecule has 9 heteroatoms. The van der Waals surface area contributed by atoms with Crippen LogP contribution in [0.15, 0.2) is 29.3 Å². The number of guanidine groups is 1. The van der Waals surface area contributed by atoms with Crippen LogP contribution in [-0.2, 0) is 21.1 Å². The van der Waals surface area contributed by atoms with Crippen LogP contribution in [0, 0.1) is 0 Å². The lowest BCUT2D eigenvalue weighted by atomic mass is 10.1. The molecule has 1 heterocycles. The predicted octanol–water partition coefficient (Wildman–Crippen LogP) is 1.16. The number of aryl methyl sites for hydroxylation is 1. The van der Waals surface area contributed by atoms with E-state index in [9.17, 15) is 13.2 Å². The Balaban J connectivity index is 0.00000312. The van der Waals surface area contributed by atoms with Crippen molar-refractivity contribution >= 4 is 51.4 Å². The molecule has 1 fully saturated rings. The number of amides is 1. The van der Waals surface area contributed by atoms with Crippen molar-refractivity contribution in [1.82, 2.24) is 10.6 Å². The predicted molar refractivity (Wildman–Crippen MR) is 111 cm³/mol. The molecule has 0 aromatic heterocycles. The lowest BCUT2D eigenvalue weighted by Gasteiger charge is -2.16. The van der Waals surface area contributed by atoms with E-state index in [2.05, 4.69) is 27.9 Å². The van der Waals surface area contributed by atoms with Gasteiger partial charge in [-0.15, -0.1) is 24.0 Å². The number of nitrogens with one attached hydrogen (secondary N) is 3. The number of nitrogens with zero attached hydrogens (tertiary/aromatic N) is 1. The van der Waals surface area contributed by atoms with Crippen LogP contribution in [0.1, 0.15) is 18.9 Å². The van der Waals surface area contributed by atoms with Crippen molar-refractivity contribution in [3.05, 3.63) is 29.8 Å². The fourth-order valence-corrected chi connectivity index (χ4v) is 4.21. The van der Waals surface area contributed by atoms with Crippen molar-refractivity contribution < 1.29 is 13.2 Å². The zero-order valence-electron chi connectivity index (χ0n) is 14.4. The van der Waals surface area contributed by atoms with Crippen molar-refractivity contribution in [2.75, 3.05) is 30.4 Å². The van der Waals surface area contributed by atoms with Gasteiger partial charge >= 0.3 is 0 Å². The maximum atomic E-state index is 12.0. The molecular weight excluding hydrogens is 455 g/mol. The largest absolute Gasteiger partial charge is 0.353 e. The van der Waals surface area contributed by atoms with Crippen LogP contribution in [0.3, 0.4) is 0 Å². The van der Waals surface area contributed by atoms with E-state index >= 15 is 0 Å². The monoisotopic (exact) mass is 480 g/mol. The first-order valence-electron chi connectivity index (χ1n) is 7.98. The van der Waals surface area contributed by atoms with Crippen molar-refractivity contribution in [3.63, 3.8) is 0 Å². The SMILES string of the molecule is CCc1cccc(NC(=O)CNC(=NC)NC2CCS(=O)(=O)C2)c1.I. The summed E-state index contributed by atoms with van der Waals surface area (Å²) in [4.78, 5) is 16.0. The maximum Gasteiger partial charge on any atom is 0.243 e. The number of carbonyl (C=O) groups is 1. The summed E-state index contributed by atoms with van der Waals surface area (Å²) < 4.78 is 22.9. The minimum atomic E-state index is -2.95. The zero-order valence-corrected chi connectivity index (χ0v) is 17.6. The highest BCUT2D eigenvalue weighted by atomic mass is 127. The maximum absolute atomic E-state index is 12.0. The summed E-state index contributed by atoms with van der Waals surface area (Å²) >= 11 is 0. The number of benzene rings is 1. The number of halogens is 1. The highest BCUT2D eigenvalue weighted by Crippen LogP contribution is 2.11. The van der Waals surface area contributed by atoms with E-state index in [0.29, 0.717) is 12.4 Å². The molecule has 2 rings (SSSR count). The minimum Gasteiger partial charge on any atom is -0.353 e. The van der Waals surface area contributed by atoms with Gasteiger partial charge in [0.05, 0.1) is 18.1 Å². The molecular formula is C16H25IN4O3S. The molecule has 0 spiro atoms. The third-order valence-corrected chi connectivity index (χ3v) is 5.60. The van der Waals surface area contributed by atoms with E-state index in [1.807, 2.05) is 24.3 Å². The van der Waals surface area contributed by atoms with Gasteiger partial charge in [-0.2, -0.15) is 0 Å². The first kappa shape index (κ1) is 21.7. The van der Waals surface area contributed by atoms with Crippen molar-refractivity contribution in [2.24, 2.45) is 4.99 Å². The molecule has 1 aliphatic rings. The van der Waals surface area contributed by atoms with Gasteiger partial charge in [-0.05, 0) is 30.5 Å². The summed E-state index contributed by atoms with van der Waals surface area (Å²) in [5.41, 5.74) is 1.91. The second kappa shape index (κ2) is 9.95. The van der Waals surface area contributed by atoms with Crippen LogP contribution < -0.4 is 16.0 Å². The van der Waals surface area contributed by atoms with Gasteiger partial charge < -0.3 is 16.0 Å². The minimum absolute atomic E-state index is 0. The Labute approximate surface area is 166 Å². The van der Waals surface area contributed by atoms with Gasteiger partial charge in [0.25, 0.3) is 0 Å². The molecule has 1 amide bonds. The molecule has 0 bridgehead atoms. The number of aliphatic imine (C=N–C) groups is 1. The third kappa shape index (κ3) is 7.18. The molecule has 1 atom stereocenters. The van der Waals surface area contributed by atoms with Crippen molar-refractivity contribution in [1.29, 1.82) is 0 Å². The topological polar surface area (TPSA) is 99.7 Å². The number of sulfone groups is 1. The molecule has 0 aliphatic carbocycles. The Hall–Kier alpha value is -1.36. The summed E-state index contributed by atoms with van der Waals surface area (Å²) in [6.07, 6.45) is 1.46. The molecule has 25 heavy (non-hydrogen) atoms. The van der Waals surface area contributed by atoms with E-state index in [1.165, 1.54) is 0 Å². The van der Waals surface area contributed by atoms with E-state index < -0.39 is 9.84 Å². The summed E-state index contributed by atoms with van der Waals surface area (Å²) in [7, 11) is -1.37. The lowest BCUT2D eigenvalue weighted by molar-refractivity contribution is -0.115. The number of hydrogen-bond donors (Lipinski definition) is 3. The fraction of sp³-hybridized carbons (Fsp3) is 0.500. The lowest BCUT2D eigenvalue weighted by Crippen LogP contribution is -2.46. The summed E-state index contributed by atoms with van der Waals surface area (Å²) in [6, 6.07) is 7.53. The Kier molecular flexibility index (Phi) is 8.63. The van der Waals surface area contributed by atoms with E-state index in [4.69, 9.17) is 0 Å². The van der Waals surface area contributed by atoms with Gasteiger partial charge in [0.15, 0.2) is 15.8 Å². The Bertz CT molecular complexity index is 722. The zero-order chi connectivity index (χ0) is 17.6. The van der Waals surface area contributed by atoms with Gasteiger partial charge in [0.1, 0.15) is 0 Å². The molecule has 1 aromatic carbocycles. The molecule has 1 aromatic rings. The third-order valence-electron chi connectivity index (χ3n) is 3.83. The molecule has 0 saturated carbocycles. The average molecular weight is 480 g/mol. The second-order valence-corrected chi connectivity index (χ2v) is 8.00. The number of carbonyl (C=O) groups excluding carboxylic acids is 1. The Morgan fingerprint density at radius 2 is 2.12 bits per heavy atom.